The number of aryl methyl sites for hydroxylation is 1. The summed E-state index contributed by atoms with van der Waals surface area (Å²) in [6.07, 6.45) is 1.70. The second-order valence-corrected chi connectivity index (χ2v) is 5.42. The quantitative estimate of drug-likeness (QED) is 0.888. The number of nitrogens with zero attached hydrogens (tertiary/aromatic N) is 1. The number of carbonyl (C=O) groups excluding carboxylic acids is 1. The molecule has 2 aromatic rings. The van der Waals surface area contributed by atoms with Gasteiger partial charge in [0.15, 0.2) is 0 Å². The van der Waals surface area contributed by atoms with Crippen molar-refractivity contribution in [3.05, 3.63) is 42.2 Å². The maximum Gasteiger partial charge on any atom is 0.272 e. The number of amides is 1. The number of benzene rings is 1. The lowest BCUT2D eigenvalue weighted by Gasteiger charge is -2.14. The van der Waals surface area contributed by atoms with Crippen molar-refractivity contribution in [1.82, 2.24) is 4.57 Å². The Morgan fingerprint density at radius 1 is 1.38 bits per heavy atom. The first kappa shape index (κ1) is 15.0. The van der Waals surface area contributed by atoms with Gasteiger partial charge in [-0.3, -0.25) is 4.79 Å². The van der Waals surface area contributed by atoms with Crippen LogP contribution in [0.25, 0.3) is 0 Å². The second kappa shape index (κ2) is 6.35. The number of nitrogens with one attached hydrogen (secondary N) is 1. The zero-order valence-electron chi connectivity index (χ0n) is 12.6. The molecule has 5 heteroatoms. The van der Waals surface area contributed by atoms with Crippen molar-refractivity contribution in [3.63, 3.8) is 0 Å². The molecule has 0 atom stereocenters. The summed E-state index contributed by atoms with van der Waals surface area (Å²) in [5.41, 5.74) is 7.42. The predicted octanol–water partition coefficient (Wildman–Crippen LogP) is 2.89. The highest BCUT2D eigenvalue weighted by atomic mass is 16.5. The van der Waals surface area contributed by atoms with Crippen LogP contribution in [0.4, 0.5) is 11.4 Å². The number of hydrogen-bond acceptors (Lipinski definition) is 3. The number of nitrogen functional groups attached to an aromatic ring is 1. The molecule has 0 fully saturated rings. The van der Waals surface area contributed by atoms with Crippen molar-refractivity contribution >= 4 is 17.3 Å². The Hall–Kier alpha value is -2.43. The average molecular weight is 287 g/mol. The molecule has 0 aliphatic rings. The van der Waals surface area contributed by atoms with Crippen molar-refractivity contribution in [2.24, 2.45) is 13.0 Å². The third-order valence-corrected chi connectivity index (χ3v) is 2.97. The van der Waals surface area contributed by atoms with Crippen molar-refractivity contribution in [2.45, 2.75) is 13.8 Å². The second-order valence-electron chi connectivity index (χ2n) is 5.42. The van der Waals surface area contributed by atoms with E-state index in [1.807, 2.05) is 24.3 Å². The van der Waals surface area contributed by atoms with E-state index in [1.54, 1.807) is 23.9 Å². The monoisotopic (exact) mass is 287 g/mol. The maximum absolute atomic E-state index is 12.3. The summed E-state index contributed by atoms with van der Waals surface area (Å²) in [5.74, 6) is 0.873. The standard InChI is InChI=1S/C16H21N3O2/c1-11(2)10-21-15-7-5-4-6-13(15)18-16(20)14-8-12(17)9-19(14)3/h4-9,11H,10,17H2,1-3H3,(H,18,20). The van der Waals surface area contributed by atoms with E-state index in [1.165, 1.54) is 0 Å². The molecule has 112 valence electrons. The van der Waals surface area contributed by atoms with Gasteiger partial charge in [0.25, 0.3) is 5.91 Å². The van der Waals surface area contributed by atoms with Gasteiger partial charge in [0.2, 0.25) is 0 Å². The molecule has 0 unspecified atom stereocenters. The number of carbonyl (C=O) groups is 1. The van der Waals surface area contributed by atoms with Gasteiger partial charge < -0.3 is 20.4 Å². The molecule has 0 spiro atoms. The van der Waals surface area contributed by atoms with Gasteiger partial charge in [0.1, 0.15) is 11.4 Å². The number of ether oxygens (including phenoxy) is 1. The fourth-order valence-corrected chi connectivity index (χ4v) is 1.95. The first-order valence-electron chi connectivity index (χ1n) is 6.92. The fraction of sp³-hybridized carbons (Fsp3) is 0.312. The van der Waals surface area contributed by atoms with Crippen LogP contribution in [0.3, 0.4) is 0 Å². The smallest absolute Gasteiger partial charge is 0.272 e. The fourth-order valence-electron chi connectivity index (χ4n) is 1.95. The number of nitrogens with two attached hydrogens (primary N) is 1. The highest BCUT2D eigenvalue weighted by molar-refractivity contribution is 6.04. The minimum atomic E-state index is -0.213. The molecule has 1 heterocycles. The molecule has 0 saturated carbocycles. The summed E-state index contributed by atoms with van der Waals surface area (Å²) < 4.78 is 7.42. The van der Waals surface area contributed by atoms with E-state index < -0.39 is 0 Å². The van der Waals surface area contributed by atoms with Gasteiger partial charge in [-0.25, -0.2) is 0 Å². The van der Waals surface area contributed by atoms with Crippen LogP contribution in [0, 0.1) is 5.92 Å². The molecule has 0 aliphatic heterocycles. The average Bonchev–Trinajstić information content (AvgIpc) is 2.76. The largest absolute Gasteiger partial charge is 0.491 e. The molecule has 0 saturated heterocycles. The lowest BCUT2D eigenvalue weighted by atomic mass is 10.2. The molecular weight excluding hydrogens is 266 g/mol. The van der Waals surface area contributed by atoms with Gasteiger partial charge in [-0.2, -0.15) is 0 Å². The Labute approximate surface area is 124 Å². The highest BCUT2D eigenvalue weighted by Crippen LogP contribution is 2.25. The third-order valence-electron chi connectivity index (χ3n) is 2.97. The van der Waals surface area contributed by atoms with Crippen LogP contribution in [0.5, 0.6) is 5.75 Å². The highest BCUT2D eigenvalue weighted by Gasteiger charge is 2.13. The zero-order chi connectivity index (χ0) is 15.4. The minimum Gasteiger partial charge on any atom is -0.491 e. The van der Waals surface area contributed by atoms with E-state index in [0.29, 0.717) is 35.3 Å². The molecule has 0 aliphatic carbocycles. The molecule has 3 N–H and O–H groups in total. The SMILES string of the molecule is CC(C)COc1ccccc1NC(=O)c1cc(N)cn1C. The molecule has 1 aromatic carbocycles. The van der Waals surface area contributed by atoms with Gasteiger partial charge in [-0.15, -0.1) is 0 Å². The maximum atomic E-state index is 12.3. The topological polar surface area (TPSA) is 69.3 Å². The number of rotatable bonds is 5. The van der Waals surface area contributed by atoms with E-state index >= 15 is 0 Å². The predicted molar refractivity (Wildman–Crippen MR) is 84.6 cm³/mol. The van der Waals surface area contributed by atoms with Crippen LogP contribution >= 0.6 is 0 Å². The van der Waals surface area contributed by atoms with Crippen molar-refractivity contribution in [3.8, 4) is 5.75 Å². The summed E-state index contributed by atoms with van der Waals surface area (Å²) >= 11 is 0. The van der Waals surface area contributed by atoms with Crippen LogP contribution < -0.4 is 15.8 Å². The Morgan fingerprint density at radius 3 is 2.71 bits per heavy atom. The van der Waals surface area contributed by atoms with E-state index in [2.05, 4.69) is 19.2 Å². The van der Waals surface area contributed by atoms with Gasteiger partial charge in [-0.05, 0) is 24.1 Å². The Kier molecular flexibility index (Phi) is 4.52. The minimum absolute atomic E-state index is 0.213. The van der Waals surface area contributed by atoms with Crippen molar-refractivity contribution in [1.29, 1.82) is 0 Å². The van der Waals surface area contributed by atoms with Gasteiger partial charge in [-0.1, -0.05) is 26.0 Å². The van der Waals surface area contributed by atoms with Gasteiger partial charge in [0.05, 0.1) is 18.0 Å². The molecule has 2 rings (SSSR count). The van der Waals surface area contributed by atoms with Crippen LogP contribution in [0.1, 0.15) is 24.3 Å². The molecule has 0 radical (unpaired) electrons. The number of hydrogen-bond donors (Lipinski definition) is 2. The van der Waals surface area contributed by atoms with E-state index in [9.17, 15) is 4.79 Å². The van der Waals surface area contributed by atoms with Gasteiger partial charge in [0, 0.05) is 13.2 Å². The summed E-state index contributed by atoms with van der Waals surface area (Å²) in [5, 5.41) is 2.86. The first-order valence-corrected chi connectivity index (χ1v) is 6.92. The van der Waals surface area contributed by atoms with E-state index in [-0.39, 0.29) is 5.91 Å². The van der Waals surface area contributed by atoms with E-state index in [0.717, 1.165) is 0 Å². The van der Waals surface area contributed by atoms with Crippen LogP contribution in [-0.4, -0.2) is 17.1 Å². The van der Waals surface area contributed by atoms with Crippen molar-refractivity contribution in [2.75, 3.05) is 17.7 Å². The summed E-state index contributed by atoms with van der Waals surface area (Å²) in [7, 11) is 1.78. The molecule has 1 aromatic heterocycles. The van der Waals surface area contributed by atoms with Crippen LogP contribution in [0.15, 0.2) is 36.5 Å². The number of para-hydroxylation sites is 2. The van der Waals surface area contributed by atoms with Crippen LogP contribution in [0.2, 0.25) is 0 Å². The molecule has 21 heavy (non-hydrogen) atoms. The molecule has 0 bridgehead atoms. The lowest BCUT2D eigenvalue weighted by Crippen LogP contribution is -2.16. The lowest BCUT2D eigenvalue weighted by molar-refractivity contribution is 0.101. The Bertz CT molecular complexity index is 632. The first-order chi connectivity index (χ1) is 9.97. The molecular formula is C16H21N3O2. The normalized spacial score (nSPS) is 10.7. The summed E-state index contributed by atoms with van der Waals surface area (Å²) in [6.45, 7) is 4.76. The summed E-state index contributed by atoms with van der Waals surface area (Å²) in [6, 6.07) is 9.05. The van der Waals surface area contributed by atoms with E-state index in [4.69, 9.17) is 10.5 Å². The molecule has 5 nitrogen and oxygen atoms in total. The third kappa shape index (κ3) is 3.78. The van der Waals surface area contributed by atoms with Gasteiger partial charge >= 0.3 is 0 Å². The van der Waals surface area contributed by atoms with Crippen molar-refractivity contribution < 1.29 is 9.53 Å². The molecule has 1 amide bonds. The number of aromatic nitrogens is 1. The zero-order valence-corrected chi connectivity index (χ0v) is 12.6. The van der Waals surface area contributed by atoms with Crippen LogP contribution in [-0.2, 0) is 7.05 Å². The Morgan fingerprint density at radius 2 is 2.10 bits per heavy atom. The Balaban J connectivity index is 2.15. The summed E-state index contributed by atoms with van der Waals surface area (Å²) in [4.78, 5) is 12.3. The number of anilines is 2.